The Morgan fingerprint density at radius 2 is 1.06 bits per heavy atom. The maximum Gasteiger partial charge on any atom is 0.335 e. The highest BCUT2D eigenvalue weighted by atomic mass is 32.1. The molecule has 2 aliphatic carbocycles. The minimum atomic E-state index is -1.03. The summed E-state index contributed by atoms with van der Waals surface area (Å²) in [6.07, 6.45) is 0. The number of hydrogen-bond acceptors (Lipinski definition) is 6. The van der Waals surface area contributed by atoms with Crippen molar-refractivity contribution in [1.82, 2.24) is 9.38 Å². The van der Waals surface area contributed by atoms with Crippen LogP contribution >= 0.6 is 22.7 Å². The number of hydrogen-bond donors (Lipinski definition) is 1. The Kier molecular flexibility index (Phi) is 8.78. The SMILES string of the molecule is CC1(C)c2ccccc2-c2ccc(N(c3ccc(-c4ccc(-c5ccc(-c6ccc7c8c6cccc8c(=O)n6c8ccc(C(=O)O)cc8nc76)s5)s4)cc3)c3ccc4c(c3)C(C)(C)c3ccccc3-4)cc21. The summed E-state index contributed by atoms with van der Waals surface area (Å²) in [5, 5.41) is 12.9. The molecule has 0 bridgehead atoms. The van der Waals surface area contributed by atoms with Crippen LogP contribution in [0.2, 0.25) is 0 Å². The van der Waals surface area contributed by atoms with Gasteiger partial charge in [0.2, 0.25) is 0 Å². The van der Waals surface area contributed by atoms with Crippen LogP contribution in [-0.4, -0.2) is 20.5 Å². The standard InChI is InChI=1S/C63H43N3O3S2/c1-62(2)48-14-7-5-10-40(48)42-23-21-38(33-50(42)62)65(39-22-24-43-41-11-6-8-15-49(41)63(3,4)51(43)34-39)37-19-16-35(17-20-37)54-28-30-56(70-54)57-31-29-55(71-57)44-25-26-46-58-45(44)12-9-13-47(58)60(67)66-53-27-18-36(61(68)69)32-52(53)64-59(46)66/h5-34H,1-4H3,(H,68,69). The Morgan fingerprint density at radius 3 is 1.70 bits per heavy atom. The minimum absolute atomic E-state index is 0.131. The summed E-state index contributed by atoms with van der Waals surface area (Å²) >= 11 is 3.54. The van der Waals surface area contributed by atoms with E-state index >= 15 is 0 Å². The molecule has 6 nitrogen and oxygen atoms in total. The van der Waals surface area contributed by atoms with Crippen molar-refractivity contribution in [3.05, 3.63) is 220 Å². The number of aromatic carboxylic acids is 1. The molecule has 340 valence electrons. The van der Waals surface area contributed by atoms with Gasteiger partial charge >= 0.3 is 5.97 Å². The van der Waals surface area contributed by atoms with Gasteiger partial charge in [-0.3, -0.25) is 9.20 Å². The van der Waals surface area contributed by atoms with E-state index in [0.29, 0.717) is 22.1 Å². The second-order valence-corrected chi connectivity index (χ2v) is 22.2. The van der Waals surface area contributed by atoms with Gasteiger partial charge in [-0.15, -0.1) is 22.7 Å². The lowest BCUT2D eigenvalue weighted by molar-refractivity contribution is 0.0697. The predicted molar refractivity (Wildman–Crippen MR) is 294 cm³/mol. The van der Waals surface area contributed by atoms with Gasteiger partial charge < -0.3 is 10.0 Å². The minimum Gasteiger partial charge on any atom is -0.478 e. The zero-order chi connectivity index (χ0) is 48.1. The molecule has 4 heterocycles. The van der Waals surface area contributed by atoms with E-state index in [1.165, 1.54) is 71.3 Å². The number of imidazole rings is 1. The first-order valence-corrected chi connectivity index (χ1v) is 25.5. The smallest absolute Gasteiger partial charge is 0.335 e. The molecule has 0 unspecified atom stereocenters. The number of carboxylic acids is 1. The molecule has 2 aliphatic rings. The molecule has 12 aromatic rings. The summed E-state index contributed by atoms with van der Waals surface area (Å²) in [6.45, 7) is 9.39. The number of benzene rings is 8. The fourth-order valence-electron chi connectivity index (χ4n) is 11.8. The van der Waals surface area contributed by atoms with E-state index in [9.17, 15) is 14.7 Å². The highest BCUT2D eigenvalue weighted by molar-refractivity contribution is 7.25. The van der Waals surface area contributed by atoms with Crippen molar-refractivity contribution in [3.63, 3.8) is 0 Å². The number of nitrogens with zero attached hydrogens (tertiary/aromatic N) is 3. The summed E-state index contributed by atoms with van der Waals surface area (Å²) in [7, 11) is 0. The topological polar surface area (TPSA) is 74.9 Å². The third-order valence-electron chi connectivity index (χ3n) is 15.4. The maximum absolute atomic E-state index is 14.1. The van der Waals surface area contributed by atoms with E-state index in [0.717, 1.165) is 49.2 Å². The van der Waals surface area contributed by atoms with Gasteiger partial charge in [0.25, 0.3) is 5.56 Å². The predicted octanol–water partition coefficient (Wildman–Crippen LogP) is 16.5. The quantitative estimate of drug-likeness (QED) is 0.172. The second kappa shape index (κ2) is 14.9. The van der Waals surface area contributed by atoms with Crippen LogP contribution in [0.3, 0.4) is 0 Å². The van der Waals surface area contributed by atoms with Crippen LogP contribution in [0, 0.1) is 0 Å². The Balaban J connectivity index is 0.810. The lowest BCUT2D eigenvalue weighted by atomic mass is 9.82. The Hall–Kier alpha value is -8.17. The van der Waals surface area contributed by atoms with Crippen LogP contribution in [-0.2, 0) is 10.8 Å². The number of carboxylic acid groups (broad SMARTS) is 1. The lowest BCUT2D eigenvalue weighted by Gasteiger charge is -2.30. The van der Waals surface area contributed by atoms with Crippen LogP contribution in [0.5, 0.6) is 0 Å². The number of anilines is 3. The normalized spacial score (nSPS) is 14.0. The van der Waals surface area contributed by atoms with Gasteiger partial charge in [0.1, 0.15) is 5.65 Å². The van der Waals surface area contributed by atoms with Crippen LogP contribution in [0.1, 0.15) is 60.3 Å². The highest BCUT2D eigenvalue weighted by Gasteiger charge is 2.38. The van der Waals surface area contributed by atoms with E-state index in [1.807, 2.05) is 18.2 Å². The summed E-state index contributed by atoms with van der Waals surface area (Å²) in [5.74, 6) is -1.03. The molecule has 0 saturated carbocycles. The third kappa shape index (κ3) is 6.01. The fraction of sp³-hybridized carbons (Fsp3) is 0.0952. The van der Waals surface area contributed by atoms with Crippen molar-refractivity contribution in [1.29, 1.82) is 0 Å². The molecule has 8 aromatic carbocycles. The van der Waals surface area contributed by atoms with E-state index < -0.39 is 5.97 Å². The first-order chi connectivity index (χ1) is 34.4. The van der Waals surface area contributed by atoms with Gasteiger partial charge in [0.05, 0.1) is 16.6 Å². The van der Waals surface area contributed by atoms with Crippen molar-refractivity contribution in [2.24, 2.45) is 0 Å². The zero-order valence-corrected chi connectivity index (χ0v) is 40.9. The number of thiophene rings is 2. The molecular formula is C63H43N3O3S2. The van der Waals surface area contributed by atoms with E-state index in [1.54, 1.807) is 33.1 Å². The Morgan fingerprint density at radius 1 is 0.507 bits per heavy atom. The molecule has 1 N–H and O–H groups in total. The van der Waals surface area contributed by atoms with Crippen molar-refractivity contribution < 1.29 is 9.90 Å². The first kappa shape index (κ1) is 41.8. The molecule has 0 aliphatic heterocycles. The van der Waals surface area contributed by atoms with Gasteiger partial charge in [-0.2, -0.15) is 0 Å². The molecule has 0 spiro atoms. The van der Waals surface area contributed by atoms with Crippen molar-refractivity contribution in [2.45, 2.75) is 38.5 Å². The van der Waals surface area contributed by atoms with Crippen molar-refractivity contribution in [2.75, 3.05) is 4.90 Å². The van der Waals surface area contributed by atoms with Crippen LogP contribution in [0.4, 0.5) is 17.1 Å². The number of fused-ring (bicyclic) bond motifs is 10. The molecule has 71 heavy (non-hydrogen) atoms. The lowest BCUT2D eigenvalue weighted by Crippen LogP contribution is -2.18. The van der Waals surface area contributed by atoms with Crippen molar-refractivity contribution in [3.8, 4) is 52.9 Å². The average molecular weight is 954 g/mol. The van der Waals surface area contributed by atoms with Crippen LogP contribution in [0.25, 0.3) is 91.1 Å². The molecule has 8 heteroatoms. The Bertz CT molecular complexity index is 4200. The van der Waals surface area contributed by atoms with Gasteiger partial charge in [-0.25, -0.2) is 9.78 Å². The molecule has 14 rings (SSSR count). The number of aromatic nitrogens is 2. The number of carbonyl (C=O) groups is 1. The average Bonchev–Trinajstić information content (AvgIpc) is 4.23. The van der Waals surface area contributed by atoms with E-state index in [-0.39, 0.29) is 22.0 Å². The molecule has 0 radical (unpaired) electrons. The van der Waals surface area contributed by atoms with Crippen LogP contribution < -0.4 is 10.5 Å². The molecule has 4 aromatic heterocycles. The van der Waals surface area contributed by atoms with E-state index in [2.05, 4.69) is 178 Å². The molecule has 0 fully saturated rings. The van der Waals surface area contributed by atoms with Gasteiger partial charge in [-0.1, -0.05) is 119 Å². The molecule has 0 amide bonds. The van der Waals surface area contributed by atoms with Crippen LogP contribution in [0.15, 0.2) is 187 Å². The third-order valence-corrected chi connectivity index (χ3v) is 17.8. The molecule has 0 atom stereocenters. The fourth-order valence-corrected chi connectivity index (χ4v) is 14.0. The van der Waals surface area contributed by atoms with E-state index in [4.69, 9.17) is 4.98 Å². The second-order valence-electron chi connectivity index (χ2n) is 20.0. The van der Waals surface area contributed by atoms with Gasteiger partial charge in [0, 0.05) is 63.6 Å². The number of pyridine rings is 1. The maximum atomic E-state index is 14.1. The largest absolute Gasteiger partial charge is 0.478 e. The number of rotatable bonds is 7. The van der Waals surface area contributed by atoms with Gasteiger partial charge in [0.15, 0.2) is 0 Å². The summed E-state index contributed by atoms with van der Waals surface area (Å²) < 4.78 is 1.61. The molecular weight excluding hydrogens is 911 g/mol. The monoisotopic (exact) mass is 953 g/mol. The van der Waals surface area contributed by atoms with Gasteiger partial charge in [-0.05, 0) is 152 Å². The van der Waals surface area contributed by atoms with Crippen molar-refractivity contribution >= 4 is 83.9 Å². The molecule has 0 saturated heterocycles. The highest BCUT2D eigenvalue weighted by Crippen LogP contribution is 2.53. The Labute approximate surface area is 417 Å². The summed E-state index contributed by atoms with van der Waals surface area (Å²) in [6, 6.07) is 64.4. The zero-order valence-electron chi connectivity index (χ0n) is 39.2. The summed E-state index contributed by atoms with van der Waals surface area (Å²) in [5.41, 5.74) is 17.6. The first-order valence-electron chi connectivity index (χ1n) is 23.9. The summed E-state index contributed by atoms with van der Waals surface area (Å²) in [4.78, 5) is 37.8.